The Hall–Kier alpha value is -0.710. The van der Waals surface area contributed by atoms with Crippen molar-refractivity contribution in [2.45, 2.75) is 12.7 Å². The Bertz CT molecular complexity index is 316. The molecule has 16 heavy (non-hydrogen) atoms. The minimum atomic E-state index is 0. The maximum absolute atomic E-state index is 10.7. The molecule has 0 fully saturated rings. The van der Waals surface area contributed by atoms with Gasteiger partial charge in [-0.15, -0.1) is 12.4 Å². The van der Waals surface area contributed by atoms with Crippen LogP contribution in [0.5, 0.6) is 5.75 Å². The molecule has 0 amide bonds. The van der Waals surface area contributed by atoms with Gasteiger partial charge in [-0.05, 0) is 17.7 Å². The average molecular weight is 262 g/mol. The van der Waals surface area contributed by atoms with E-state index in [1.165, 1.54) is 11.8 Å². The lowest BCUT2D eigenvalue weighted by atomic mass is 10.2. The van der Waals surface area contributed by atoms with Crippen molar-refractivity contribution in [2.24, 2.45) is 5.73 Å². The highest BCUT2D eigenvalue weighted by molar-refractivity contribution is 8.12. The number of carbonyl (C=O) groups excluding carboxylic acids is 1. The van der Waals surface area contributed by atoms with Crippen molar-refractivity contribution >= 4 is 29.3 Å². The maximum Gasteiger partial charge on any atom is 0.186 e. The third-order valence-corrected chi connectivity index (χ3v) is 2.64. The van der Waals surface area contributed by atoms with Crippen LogP contribution in [0.3, 0.4) is 0 Å². The van der Waals surface area contributed by atoms with Gasteiger partial charge in [-0.1, -0.05) is 23.9 Å². The molecular formula is C11H16ClNO2S. The van der Waals surface area contributed by atoms with Gasteiger partial charge in [0, 0.05) is 19.2 Å². The molecule has 0 saturated heterocycles. The fraction of sp³-hybridized carbons (Fsp3) is 0.364. The molecule has 0 radical (unpaired) electrons. The van der Waals surface area contributed by atoms with Crippen LogP contribution in [0, 0.1) is 0 Å². The summed E-state index contributed by atoms with van der Waals surface area (Å²) in [4.78, 5) is 10.7. The van der Waals surface area contributed by atoms with Crippen LogP contribution in [-0.2, 0) is 10.5 Å². The second-order valence-corrected chi connectivity index (χ2v) is 4.21. The zero-order valence-corrected chi connectivity index (χ0v) is 10.8. The van der Waals surface area contributed by atoms with Gasteiger partial charge in [-0.2, -0.15) is 0 Å². The highest BCUT2D eigenvalue weighted by Crippen LogP contribution is 2.16. The van der Waals surface area contributed by atoms with Crippen LogP contribution in [0.15, 0.2) is 24.3 Å². The molecule has 3 nitrogen and oxygen atoms in total. The van der Waals surface area contributed by atoms with E-state index in [2.05, 4.69) is 0 Å². The van der Waals surface area contributed by atoms with Crippen LogP contribution < -0.4 is 10.5 Å². The molecule has 2 N–H and O–H groups in total. The molecule has 0 heterocycles. The molecule has 1 aromatic carbocycles. The summed E-state index contributed by atoms with van der Waals surface area (Å²) < 4.78 is 5.34. The second kappa shape index (κ2) is 8.44. The molecule has 0 aliphatic heterocycles. The Labute approximate surface area is 106 Å². The lowest BCUT2D eigenvalue weighted by Gasteiger charge is -2.05. The Morgan fingerprint density at radius 1 is 1.38 bits per heavy atom. The summed E-state index contributed by atoms with van der Waals surface area (Å²) in [5, 5.41) is 0.137. The monoisotopic (exact) mass is 261 g/mol. The molecule has 0 aliphatic carbocycles. The van der Waals surface area contributed by atoms with Gasteiger partial charge in [0.15, 0.2) is 5.12 Å². The summed E-state index contributed by atoms with van der Waals surface area (Å²) in [5.41, 5.74) is 6.44. The van der Waals surface area contributed by atoms with Crippen molar-refractivity contribution in [1.29, 1.82) is 0 Å². The maximum atomic E-state index is 10.7. The minimum absolute atomic E-state index is 0. The highest BCUT2D eigenvalue weighted by Gasteiger charge is 1.98. The van der Waals surface area contributed by atoms with E-state index >= 15 is 0 Å². The van der Waals surface area contributed by atoms with Crippen LogP contribution in [0.1, 0.15) is 12.5 Å². The molecule has 0 saturated carbocycles. The number of benzene rings is 1. The number of thioether (sulfide) groups is 1. The van der Waals surface area contributed by atoms with Gasteiger partial charge in [0.05, 0.1) is 0 Å². The lowest BCUT2D eigenvalue weighted by molar-refractivity contribution is -0.109. The summed E-state index contributed by atoms with van der Waals surface area (Å²) >= 11 is 1.31. The Morgan fingerprint density at radius 2 is 2.00 bits per heavy atom. The molecule has 1 aromatic rings. The molecule has 0 aromatic heterocycles. The highest BCUT2D eigenvalue weighted by atomic mass is 35.5. The SMILES string of the molecule is CC(=O)SCc1ccc(OCCN)cc1.Cl. The second-order valence-electron chi connectivity index (χ2n) is 3.06. The fourth-order valence-electron chi connectivity index (χ4n) is 1.04. The van der Waals surface area contributed by atoms with Crippen LogP contribution in [0.2, 0.25) is 0 Å². The third kappa shape index (κ3) is 6.00. The summed E-state index contributed by atoms with van der Waals surface area (Å²) in [7, 11) is 0. The molecule has 90 valence electrons. The minimum Gasteiger partial charge on any atom is -0.492 e. The molecule has 0 bridgehead atoms. The molecule has 5 heteroatoms. The number of halogens is 1. The quantitative estimate of drug-likeness (QED) is 0.883. The van der Waals surface area contributed by atoms with Crippen molar-refractivity contribution in [1.82, 2.24) is 0 Å². The van der Waals surface area contributed by atoms with Gasteiger partial charge in [0.25, 0.3) is 0 Å². The van der Waals surface area contributed by atoms with Crippen molar-refractivity contribution in [3.05, 3.63) is 29.8 Å². The van der Waals surface area contributed by atoms with E-state index < -0.39 is 0 Å². The summed E-state index contributed by atoms with van der Waals surface area (Å²) in [6.45, 7) is 2.62. The van der Waals surface area contributed by atoms with Crippen LogP contribution in [0.25, 0.3) is 0 Å². The van der Waals surface area contributed by atoms with E-state index in [-0.39, 0.29) is 17.5 Å². The van der Waals surface area contributed by atoms with Gasteiger partial charge in [-0.3, -0.25) is 4.79 Å². The Kier molecular flexibility index (Phi) is 8.07. The number of hydrogen-bond donors (Lipinski definition) is 1. The standard InChI is InChI=1S/C11H15NO2S.ClH/c1-9(13)15-8-10-2-4-11(5-3-10)14-7-6-12;/h2-5H,6-8,12H2,1H3;1H. The van der Waals surface area contributed by atoms with Crippen LogP contribution in [-0.4, -0.2) is 18.3 Å². The largest absolute Gasteiger partial charge is 0.492 e. The molecule has 0 aliphatic rings. The first-order valence-corrected chi connectivity index (χ1v) is 5.76. The summed E-state index contributed by atoms with van der Waals surface area (Å²) in [6.07, 6.45) is 0. The number of hydrogen-bond acceptors (Lipinski definition) is 4. The fourth-order valence-corrected chi connectivity index (χ4v) is 1.61. The van der Waals surface area contributed by atoms with Crippen molar-refractivity contribution in [3.63, 3.8) is 0 Å². The number of nitrogens with two attached hydrogens (primary N) is 1. The Balaban J connectivity index is 0.00000225. The number of carbonyl (C=O) groups is 1. The first-order valence-electron chi connectivity index (χ1n) is 4.77. The zero-order valence-electron chi connectivity index (χ0n) is 9.14. The van der Waals surface area contributed by atoms with Crippen molar-refractivity contribution < 1.29 is 9.53 Å². The topological polar surface area (TPSA) is 52.3 Å². The van der Waals surface area contributed by atoms with Gasteiger partial charge in [0.1, 0.15) is 12.4 Å². The summed E-state index contributed by atoms with van der Waals surface area (Å²) in [5.74, 6) is 1.53. The molecule has 1 rings (SSSR count). The van der Waals surface area contributed by atoms with E-state index in [9.17, 15) is 4.79 Å². The molecule has 0 unspecified atom stereocenters. The van der Waals surface area contributed by atoms with E-state index in [1.54, 1.807) is 6.92 Å². The van der Waals surface area contributed by atoms with Crippen molar-refractivity contribution in [3.8, 4) is 5.75 Å². The predicted octanol–water partition coefficient (Wildman–Crippen LogP) is 2.23. The van der Waals surface area contributed by atoms with Gasteiger partial charge in [0.2, 0.25) is 0 Å². The van der Waals surface area contributed by atoms with Gasteiger partial charge < -0.3 is 10.5 Å². The van der Waals surface area contributed by atoms with Gasteiger partial charge >= 0.3 is 0 Å². The Morgan fingerprint density at radius 3 is 2.50 bits per heavy atom. The first-order chi connectivity index (χ1) is 7.22. The predicted molar refractivity (Wildman–Crippen MR) is 70.2 cm³/mol. The van der Waals surface area contributed by atoms with E-state index in [0.717, 1.165) is 11.3 Å². The van der Waals surface area contributed by atoms with E-state index in [0.29, 0.717) is 18.9 Å². The lowest BCUT2D eigenvalue weighted by Crippen LogP contribution is -2.10. The van der Waals surface area contributed by atoms with E-state index in [4.69, 9.17) is 10.5 Å². The number of rotatable bonds is 5. The average Bonchev–Trinajstić information content (AvgIpc) is 2.25. The molecule has 0 spiro atoms. The smallest absolute Gasteiger partial charge is 0.186 e. The molecule has 0 atom stereocenters. The van der Waals surface area contributed by atoms with Gasteiger partial charge in [-0.25, -0.2) is 0 Å². The number of ether oxygens (including phenoxy) is 1. The first kappa shape index (κ1) is 15.3. The van der Waals surface area contributed by atoms with E-state index in [1.807, 2.05) is 24.3 Å². The van der Waals surface area contributed by atoms with Crippen LogP contribution >= 0.6 is 24.2 Å². The zero-order chi connectivity index (χ0) is 11.1. The third-order valence-electron chi connectivity index (χ3n) is 1.75. The molecular weight excluding hydrogens is 246 g/mol. The summed E-state index contributed by atoms with van der Waals surface area (Å²) in [6, 6.07) is 7.71. The van der Waals surface area contributed by atoms with Crippen LogP contribution in [0.4, 0.5) is 0 Å². The normalized spacial score (nSPS) is 9.38. The van der Waals surface area contributed by atoms with Crippen molar-refractivity contribution in [2.75, 3.05) is 13.2 Å².